The minimum Gasteiger partial charge on any atom is -0.493 e. The highest BCUT2D eigenvalue weighted by Crippen LogP contribution is 2.34. The highest BCUT2D eigenvalue weighted by atomic mass is 35.5. The minimum absolute atomic E-state index is 0.0649. The van der Waals surface area contributed by atoms with E-state index in [2.05, 4.69) is 5.32 Å². The lowest BCUT2D eigenvalue weighted by molar-refractivity contribution is -0.140. The summed E-state index contributed by atoms with van der Waals surface area (Å²) in [6.07, 6.45) is 0. The smallest absolute Gasteiger partial charge is 0.320 e. The summed E-state index contributed by atoms with van der Waals surface area (Å²) >= 11 is 18.4. The molecule has 0 aliphatic carbocycles. The van der Waals surface area contributed by atoms with Crippen LogP contribution in [0.4, 0.5) is 0 Å². The molecule has 0 bridgehead atoms. The number of carbonyl (C=O) groups is 1. The van der Waals surface area contributed by atoms with Crippen LogP contribution in [0.5, 0.6) is 11.5 Å². The van der Waals surface area contributed by atoms with E-state index in [9.17, 15) is 9.90 Å². The Balaban J connectivity index is 2.15. The Morgan fingerprint density at radius 1 is 1.07 bits per heavy atom. The number of nitrogens with one attached hydrogen (secondary N) is 1. The molecular weight excluding hydrogens is 425 g/mol. The standard InChI is InChI=1S/C20H22Cl3NO4/c1-11(2)19(20(25)26)24-9-13-6-17(27-3)18(8-16(13)23)28-10-12-4-5-14(21)7-15(12)22/h4-8,11,19,24H,9-10H2,1-3H3,(H,25,26). The summed E-state index contributed by atoms with van der Waals surface area (Å²) in [6, 6.07) is 7.87. The number of rotatable bonds is 9. The molecule has 0 aliphatic heterocycles. The minimum atomic E-state index is -0.905. The Kier molecular flexibility index (Phi) is 8.25. The van der Waals surface area contributed by atoms with Crippen molar-refractivity contribution >= 4 is 40.8 Å². The van der Waals surface area contributed by atoms with Gasteiger partial charge in [-0.2, -0.15) is 0 Å². The van der Waals surface area contributed by atoms with E-state index in [1.165, 1.54) is 7.11 Å². The number of aliphatic carboxylic acids is 1. The van der Waals surface area contributed by atoms with Crippen LogP contribution in [-0.4, -0.2) is 24.2 Å². The van der Waals surface area contributed by atoms with Gasteiger partial charge in [-0.3, -0.25) is 4.79 Å². The van der Waals surface area contributed by atoms with Crippen LogP contribution in [0.3, 0.4) is 0 Å². The summed E-state index contributed by atoms with van der Waals surface area (Å²) in [5, 5.41) is 13.8. The molecule has 0 aromatic heterocycles. The third kappa shape index (κ3) is 5.92. The average molecular weight is 447 g/mol. The molecule has 0 saturated carbocycles. The molecule has 2 aromatic rings. The number of ether oxygens (including phenoxy) is 2. The third-order valence-electron chi connectivity index (χ3n) is 4.18. The fraction of sp³-hybridized carbons (Fsp3) is 0.350. The molecule has 152 valence electrons. The van der Waals surface area contributed by atoms with Crippen molar-refractivity contribution in [2.24, 2.45) is 5.92 Å². The van der Waals surface area contributed by atoms with Gasteiger partial charge < -0.3 is 19.9 Å². The van der Waals surface area contributed by atoms with E-state index in [1.807, 2.05) is 13.8 Å². The van der Waals surface area contributed by atoms with Crippen LogP contribution in [0, 0.1) is 5.92 Å². The van der Waals surface area contributed by atoms with Gasteiger partial charge >= 0.3 is 5.97 Å². The van der Waals surface area contributed by atoms with Gasteiger partial charge in [0.2, 0.25) is 0 Å². The first-order chi connectivity index (χ1) is 13.2. The van der Waals surface area contributed by atoms with E-state index in [0.717, 1.165) is 5.56 Å². The molecule has 0 amide bonds. The molecule has 5 nitrogen and oxygen atoms in total. The summed E-state index contributed by atoms with van der Waals surface area (Å²) in [7, 11) is 1.52. The van der Waals surface area contributed by atoms with Crippen molar-refractivity contribution in [3.05, 3.63) is 56.5 Å². The van der Waals surface area contributed by atoms with Gasteiger partial charge in [-0.05, 0) is 29.7 Å². The van der Waals surface area contributed by atoms with E-state index >= 15 is 0 Å². The maximum atomic E-state index is 11.3. The van der Waals surface area contributed by atoms with Gasteiger partial charge in [0.1, 0.15) is 12.6 Å². The number of carboxylic acids is 1. The topological polar surface area (TPSA) is 67.8 Å². The summed E-state index contributed by atoms with van der Waals surface area (Å²) < 4.78 is 11.2. The third-order valence-corrected chi connectivity index (χ3v) is 5.11. The Labute approximate surface area is 179 Å². The van der Waals surface area contributed by atoms with Gasteiger partial charge in [-0.1, -0.05) is 54.7 Å². The molecular formula is C20H22Cl3NO4. The predicted molar refractivity (Wildman–Crippen MR) is 112 cm³/mol. The van der Waals surface area contributed by atoms with Gasteiger partial charge in [0.05, 0.1) is 7.11 Å². The van der Waals surface area contributed by atoms with Gasteiger partial charge in [0.15, 0.2) is 11.5 Å². The zero-order valence-corrected chi connectivity index (χ0v) is 18.0. The van der Waals surface area contributed by atoms with E-state index in [0.29, 0.717) is 32.1 Å². The van der Waals surface area contributed by atoms with Crippen molar-refractivity contribution in [1.29, 1.82) is 0 Å². The largest absolute Gasteiger partial charge is 0.493 e. The Bertz CT molecular complexity index is 842. The maximum absolute atomic E-state index is 11.3. The van der Waals surface area contributed by atoms with Crippen molar-refractivity contribution in [2.75, 3.05) is 7.11 Å². The van der Waals surface area contributed by atoms with E-state index in [1.54, 1.807) is 30.3 Å². The predicted octanol–water partition coefficient (Wildman–Crippen LogP) is 5.43. The Hall–Kier alpha value is -1.66. The summed E-state index contributed by atoms with van der Waals surface area (Å²) in [4.78, 5) is 11.3. The molecule has 28 heavy (non-hydrogen) atoms. The zero-order chi connectivity index (χ0) is 20.8. The van der Waals surface area contributed by atoms with Crippen LogP contribution in [-0.2, 0) is 17.9 Å². The summed E-state index contributed by atoms with van der Waals surface area (Å²) in [5.74, 6) is -0.0218. The average Bonchev–Trinajstić information content (AvgIpc) is 2.61. The molecule has 0 fully saturated rings. The number of hydrogen-bond acceptors (Lipinski definition) is 4. The second kappa shape index (κ2) is 10.2. The normalized spacial score (nSPS) is 12.1. The molecule has 8 heteroatoms. The second-order valence-corrected chi connectivity index (χ2v) is 7.81. The van der Waals surface area contributed by atoms with Gasteiger partial charge in [0.25, 0.3) is 0 Å². The van der Waals surface area contributed by atoms with Crippen LogP contribution in [0.2, 0.25) is 15.1 Å². The van der Waals surface area contributed by atoms with Crippen molar-refractivity contribution in [2.45, 2.75) is 33.0 Å². The lowest BCUT2D eigenvalue weighted by atomic mass is 10.0. The van der Waals surface area contributed by atoms with E-state index in [4.69, 9.17) is 44.3 Å². The molecule has 0 heterocycles. The molecule has 2 rings (SSSR count). The van der Waals surface area contributed by atoms with Crippen LogP contribution >= 0.6 is 34.8 Å². The first kappa shape index (κ1) is 22.6. The van der Waals surface area contributed by atoms with Crippen LogP contribution in [0.25, 0.3) is 0 Å². The summed E-state index contributed by atoms with van der Waals surface area (Å²) in [5.41, 5.74) is 1.48. The number of carboxylic acid groups (broad SMARTS) is 1. The van der Waals surface area contributed by atoms with E-state index < -0.39 is 12.0 Å². The highest BCUT2D eigenvalue weighted by Gasteiger charge is 2.21. The Morgan fingerprint density at radius 3 is 2.32 bits per heavy atom. The molecule has 0 saturated heterocycles. The van der Waals surface area contributed by atoms with Crippen molar-refractivity contribution in [3.8, 4) is 11.5 Å². The maximum Gasteiger partial charge on any atom is 0.320 e. The number of benzene rings is 2. The molecule has 0 aliphatic rings. The quantitative estimate of drug-likeness (QED) is 0.537. The molecule has 1 unspecified atom stereocenters. The number of halogens is 3. The molecule has 0 spiro atoms. The first-order valence-electron chi connectivity index (χ1n) is 8.62. The van der Waals surface area contributed by atoms with Gasteiger partial charge in [0, 0.05) is 33.2 Å². The monoisotopic (exact) mass is 445 g/mol. The fourth-order valence-corrected chi connectivity index (χ4v) is 3.29. The fourth-order valence-electron chi connectivity index (χ4n) is 2.61. The highest BCUT2D eigenvalue weighted by molar-refractivity contribution is 6.35. The number of hydrogen-bond donors (Lipinski definition) is 2. The van der Waals surface area contributed by atoms with Crippen molar-refractivity contribution in [1.82, 2.24) is 5.32 Å². The molecule has 2 aromatic carbocycles. The molecule has 1 atom stereocenters. The number of methoxy groups -OCH3 is 1. The molecule has 2 N–H and O–H groups in total. The lowest BCUT2D eigenvalue weighted by Crippen LogP contribution is -2.40. The van der Waals surface area contributed by atoms with Crippen molar-refractivity contribution < 1.29 is 19.4 Å². The van der Waals surface area contributed by atoms with Crippen LogP contribution in [0.1, 0.15) is 25.0 Å². The Morgan fingerprint density at radius 2 is 1.75 bits per heavy atom. The first-order valence-corrected chi connectivity index (χ1v) is 9.75. The SMILES string of the molecule is COc1cc(CNC(C(=O)O)C(C)C)c(Cl)cc1OCc1ccc(Cl)cc1Cl. The van der Waals surface area contributed by atoms with Crippen molar-refractivity contribution in [3.63, 3.8) is 0 Å². The van der Waals surface area contributed by atoms with Gasteiger partial charge in [-0.25, -0.2) is 0 Å². The second-order valence-electron chi connectivity index (χ2n) is 6.56. The molecule has 0 radical (unpaired) electrons. The zero-order valence-electron chi connectivity index (χ0n) is 15.8. The summed E-state index contributed by atoms with van der Waals surface area (Å²) in [6.45, 7) is 4.18. The van der Waals surface area contributed by atoms with Gasteiger partial charge in [-0.15, -0.1) is 0 Å². The van der Waals surface area contributed by atoms with E-state index in [-0.39, 0.29) is 19.1 Å². The lowest BCUT2D eigenvalue weighted by Gasteiger charge is -2.19. The van der Waals surface area contributed by atoms with Crippen LogP contribution in [0.15, 0.2) is 30.3 Å². The van der Waals surface area contributed by atoms with Crippen LogP contribution < -0.4 is 14.8 Å².